The zero-order valence-electron chi connectivity index (χ0n) is 10.0. The van der Waals surface area contributed by atoms with Crippen molar-refractivity contribution in [3.05, 3.63) is 29.8 Å². The van der Waals surface area contributed by atoms with Crippen molar-refractivity contribution >= 4 is 15.7 Å². The quantitative estimate of drug-likeness (QED) is 0.826. The number of amides is 1. The highest BCUT2D eigenvalue weighted by Crippen LogP contribution is 2.34. The summed E-state index contributed by atoms with van der Waals surface area (Å²) in [6, 6.07) is 5.88. The van der Waals surface area contributed by atoms with Gasteiger partial charge >= 0.3 is 0 Å². The smallest absolute Gasteiger partial charge is 0.251 e. The van der Waals surface area contributed by atoms with Crippen molar-refractivity contribution < 1.29 is 18.3 Å². The first-order valence-electron chi connectivity index (χ1n) is 5.60. The van der Waals surface area contributed by atoms with Gasteiger partial charge in [-0.2, -0.15) is 0 Å². The van der Waals surface area contributed by atoms with E-state index in [9.17, 15) is 13.2 Å². The molecule has 0 aromatic heterocycles. The van der Waals surface area contributed by atoms with Gasteiger partial charge in [0.05, 0.1) is 17.0 Å². The van der Waals surface area contributed by atoms with Gasteiger partial charge < -0.3 is 10.4 Å². The summed E-state index contributed by atoms with van der Waals surface area (Å²) < 4.78 is 22.8. The third kappa shape index (κ3) is 2.70. The Morgan fingerprint density at radius 1 is 1.44 bits per heavy atom. The molecule has 1 aromatic rings. The first kappa shape index (κ1) is 13.0. The molecule has 0 atom stereocenters. The van der Waals surface area contributed by atoms with E-state index < -0.39 is 15.4 Å². The third-order valence-electron chi connectivity index (χ3n) is 3.06. The summed E-state index contributed by atoms with van der Waals surface area (Å²) in [6.07, 6.45) is 2.60. The average molecular weight is 269 g/mol. The Balaban J connectivity index is 2.21. The van der Waals surface area contributed by atoms with Gasteiger partial charge in [-0.1, -0.05) is 6.07 Å². The van der Waals surface area contributed by atoms with Crippen LogP contribution in [-0.4, -0.2) is 37.8 Å². The van der Waals surface area contributed by atoms with E-state index in [1.54, 1.807) is 6.07 Å². The number of carbonyl (C=O) groups excluding carboxylic acids is 1. The molecule has 1 aliphatic rings. The summed E-state index contributed by atoms with van der Waals surface area (Å²) >= 11 is 0. The molecule has 6 heteroatoms. The third-order valence-corrected chi connectivity index (χ3v) is 4.17. The Morgan fingerprint density at radius 2 is 2.11 bits per heavy atom. The molecular weight excluding hydrogens is 254 g/mol. The first-order chi connectivity index (χ1) is 8.36. The van der Waals surface area contributed by atoms with Crippen molar-refractivity contribution in [2.24, 2.45) is 0 Å². The van der Waals surface area contributed by atoms with Gasteiger partial charge in [-0.3, -0.25) is 4.79 Å². The molecule has 1 fully saturated rings. The normalized spacial score (nSPS) is 17.2. The zero-order valence-corrected chi connectivity index (χ0v) is 10.8. The van der Waals surface area contributed by atoms with Crippen LogP contribution in [-0.2, 0) is 9.84 Å². The SMILES string of the molecule is CS(=O)(=O)c1cccc(C(=O)NC2(CO)CC2)c1. The van der Waals surface area contributed by atoms with E-state index >= 15 is 0 Å². The fourth-order valence-electron chi connectivity index (χ4n) is 1.65. The van der Waals surface area contributed by atoms with Crippen LogP contribution in [0.15, 0.2) is 29.2 Å². The van der Waals surface area contributed by atoms with Gasteiger partial charge in [-0.25, -0.2) is 8.42 Å². The van der Waals surface area contributed by atoms with Crippen molar-refractivity contribution in [2.75, 3.05) is 12.9 Å². The molecule has 2 rings (SSSR count). The highest BCUT2D eigenvalue weighted by Gasteiger charge is 2.43. The number of sulfone groups is 1. The number of hydrogen-bond acceptors (Lipinski definition) is 4. The molecule has 1 aliphatic carbocycles. The number of aliphatic hydroxyl groups excluding tert-OH is 1. The summed E-state index contributed by atoms with van der Waals surface area (Å²) in [6.45, 7) is -0.0928. The van der Waals surface area contributed by atoms with Gasteiger partial charge in [0, 0.05) is 11.8 Å². The number of nitrogens with one attached hydrogen (secondary N) is 1. The molecule has 0 aliphatic heterocycles. The van der Waals surface area contributed by atoms with Crippen LogP contribution in [0, 0.1) is 0 Å². The second-order valence-corrected chi connectivity index (χ2v) is 6.71. The second kappa shape index (κ2) is 4.37. The standard InChI is InChI=1S/C12H15NO4S/c1-18(16,17)10-4-2-3-9(7-10)11(15)13-12(8-14)5-6-12/h2-4,7,14H,5-6,8H2,1H3,(H,13,15). The lowest BCUT2D eigenvalue weighted by atomic mass is 10.2. The Kier molecular flexibility index (Phi) is 3.16. The highest BCUT2D eigenvalue weighted by molar-refractivity contribution is 7.90. The van der Waals surface area contributed by atoms with Gasteiger partial charge in [-0.05, 0) is 31.0 Å². The molecule has 18 heavy (non-hydrogen) atoms. The molecule has 1 aromatic carbocycles. The van der Waals surface area contributed by atoms with Gasteiger partial charge in [-0.15, -0.1) is 0 Å². The van der Waals surface area contributed by atoms with Crippen LogP contribution >= 0.6 is 0 Å². The molecule has 0 spiro atoms. The molecule has 0 bridgehead atoms. The molecule has 1 amide bonds. The van der Waals surface area contributed by atoms with E-state index in [4.69, 9.17) is 5.11 Å². The van der Waals surface area contributed by atoms with E-state index in [1.165, 1.54) is 18.2 Å². The van der Waals surface area contributed by atoms with E-state index in [0.717, 1.165) is 19.1 Å². The highest BCUT2D eigenvalue weighted by atomic mass is 32.2. The number of hydrogen-bond donors (Lipinski definition) is 2. The predicted octanol–water partition coefficient (Wildman–Crippen LogP) is 0.345. The van der Waals surface area contributed by atoms with Crippen LogP contribution in [0.25, 0.3) is 0 Å². The van der Waals surface area contributed by atoms with Crippen LogP contribution in [0.5, 0.6) is 0 Å². The molecule has 1 saturated carbocycles. The van der Waals surface area contributed by atoms with Crippen LogP contribution < -0.4 is 5.32 Å². The van der Waals surface area contributed by atoms with Crippen LogP contribution in [0.1, 0.15) is 23.2 Å². The Labute approximate surface area is 106 Å². The Bertz CT molecular complexity index is 575. The second-order valence-electron chi connectivity index (χ2n) is 4.69. The van der Waals surface area contributed by atoms with E-state index in [-0.39, 0.29) is 23.0 Å². The molecule has 0 saturated heterocycles. The van der Waals surface area contributed by atoms with Crippen molar-refractivity contribution in [3.63, 3.8) is 0 Å². The van der Waals surface area contributed by atoms with Gasteiger partial charge in [0.15, 0.2) is 9.84 Å². The van der Waals surface area contributed by atoms with Crippen molar-refractivity contribution in [3.8, 4) is 0 Å². The maximum atomic E-state index is 11.9. The van der Waals surface area contributed by atoms with Gasteiger partial charge in [0.1, 0.15) is 0 Å². The molecule has 5 nitrogen and oxygen atoms in total. The van der Waals surface area contributed by atoms with Gasteiger partial charge in [0.25, 0.3) is 5.91 Å². The minimum atomic E-state index is -3.32. The van der Waals surface area contributed by atoms with Crippen molar-refractivity contribution in [1.29, 1.82) is 0 Å². The zero-order chi connectivity index (χ0) is 13.4. The molecule has 0 unspecified atom stereocenters. The average Bonchev–Trinajstić information content (AvgIpc) is 3.08. The molecule has 98 valence electrons. The Hall–Kier alpha value is -1.40. The molecule has 0 radical (unpaired) electrons. The topological polar surface area (TPSA) is 83.5 Å². The summed E-state index contributed by atoms with van der Waals surface area (Å²) in [5.74, 6) is -0.355. The lowest BCUT2D eigenvalue weighted by molar-refractivity contribution is 0.0906. The lowest BCUT2D eigenvalue weighted by Crippen LogP contribution is -2.39. The van der Waals surface area contributed by atoms with Crippen molar-refractivity contribution in [2.45, 2.75) is 23.3 Å². The fraction of sp³-hybridized carbons (Fsp3) is 0.417. The first-order valence-corrected chi connectivity index (χ1v) is 7.49. The summed E-state index contributed by atoms with van der Waals surface area (Å²) in [7, 11) is -3.32. The maximum Gasteiger partial charge on any atom is 0.251 e. The number of rotatable bonds is 4. The predicted molar refractivity (Wildman–Crippen MR) is 66.1 cm³/mol. The van der Waals surface area contributed by atoms with Crippen molar-refractivity contribution in [1.82, 2.24) is 5.32 Å². The lowest BCUT2D eigenvalue weighted by Gasteiger charge is -2.14. The van der Waals surface area contributed by atoms with Gasteiger partial charge in [0.2, 0.25) is 0 Å². The van der Waals surface area contributed by atoms with E-state index in [0.29, 0.717) is 0 Å². The molecular formula is C12H15NO4S. The maximum absolute atomic E-state index is 11.9. The summed E-state index contributed by atoms with van der Waals surface area (Å²) in [4.78, 5) is 12.0. The summed E-state index contributed by atoms with van der Waals surface area (Å²) in [5, 5.41) is 11.9. The Morgan fingerprint density at radius 3 is 2.61 bits per heavy atom. The fourth-order valence-corrected chi connectivity index (χ4v) is 2.32. The summed E-state index contributed by atoms with van der Waals surface area (Å²) in [5.41, 5.74) is -0.212. The number of aliphatic hydroxyl groups is 1. The number of benzene rings is 1. The molecule has 0 heterocycles. The monoisotopic (exact) mass is 269 g/mol. The number of carbonyl (C=O) groups is 1. The minimum Gasteiger partial charge on any atom is -0.394 e. The van der Waals surface area contributed by atoms with Crippen LogP contribution in [0.3, 0.4) is 0 Å². The minimum absolute atomic E-state index is 0.0928. The van der Waals surface area contributed by atoms with E-state index in [2.05, 4.69) is 5.32 Å². The largest absolute Gasteiger partial charge is 0.394 e. The molecule has 2 N–H and O–H groups in total. The van der Waals surface area contributed by atoms with Crippen LogP contribution in [0.4, 0.5) is 0 Å². The van der Waals surface area contributed by atoms with E-state index in [1.807, 2.05) is 0 Å². The van der Waals surface area contributed by atoms with Crippen LogP contribution in [0.2, 0.25) is 0 Å².